The fourth-order valence-corrected chi connectivity index (χ4v) is 2.45. The van der Waals surface area contributed by atoms with Gasteiger partial charge in [-0.1, -0.05) is 83.2 Å². The Labute approximate surface area is 113 Å². The zero-order valence-electron chi connectivity index (χ0n) is 12.3. The highest BCUT2D eigenvalue weighted by molar-refractivity contribution is 5.20. The molecule has 102 valence electrons. The SMILES string of the molecule is CCCCCCCC(C)(C)C(N)c1ccccc1. The van der Waals surface area contributed by atoms with Gasteiger partial charge in [-0.25, -0.2) is 0 Å². The second kappa shape index (κ2) is 7.58. The van der Waals surface area contributed by atoms with Crippen LogP contribution in [0.4, 0.5) is 0 Å². The largest absolute Gasteiger partial charge is 0.324 e. The second-order valence-corrected chi connectivity index (χ2v) is 6.04. The van der Waals surface area contributed by atoms with Gasteiger partial charge in [-0.05, 0) is 17.4 Å². The molecule has 0 saturated carbocycles. The molecule has 0 aliphatic heterocycles. The van der Waals surface area contributed by atoms with Crippen LogP contribution < -0.4 is 5.73 Å². The molecule has 1 unspecified atom stereocenters. The third-order valence-electron chi connectivity index (χ3n) is 3.93. The summed E-state index contributed by atoms with van der Waals surface area (Å²) in [5.74, 6) is 0. The Morgan fingerprint density at radius 1 is 1.00 bits per heavy atom. The van der Waals surface area contributed by atoms with Crippen molar-refractivity contribution >= 4 is 0 Å². The number of nitrogens with two attached hydrogens (primary N) is 1. The van der Waals surface area contributed by atoms with E-state index < -0.39 is 0 Å². The van der Waals surface area contributed by atoms with Crippen molar-refractivity contribution < 1.29 is 0 Å². The van der Waals surface area contributed by atoms with Gasteiger partial charge in [0.1, 0.15) is 0 Å². The highest BCUT2D eigenvalue weighted by atomic mass is 14.7. The molecule has 0 bridgehead atoms. The third kappa shape index (κ3) is 4.81. The quantitative estimate of drug-likeness (QED) is 0.637. The molecule has 0 radical (unpaired) electrons. The van der Waals surface area contributed by atoms with Gasteiger partial charge in [0.25, 0.3) is 0 Å². The molecule has 1 heteroatoms. The van der Waals surface area contributed by atoms with E-state index in [4.69, 9.17) is 5.73 Å². The summed E-state index contributed by atoms with van der Waals surface area (Å²) in [7, 11) is 0. The fourth-order valence-electron chi connectivity index (χ4n) is 2.45. The Bertz CT molecular complexity index is 316. The van der Waals surface area contributed by atoms with Crippen LogP contribution in [0.3, 0.4) is 0 Å². The van der Waals surface area contributed by atoms with Crippen molar-refractivity contribution in [2.45, 2.75) is 65.3 Å². The maximum absolute atomic E-state index is 6.41. The molecule has 1 aromatic rings. The summed E-state index contributed by atoms with van der Waals surface area (Å²) in [5.41, 5.74) is 7.86. The van der Waals surface area contributed by atoms with Crippen LogP contribution >= 0.6 is 0 Å². The van der Waals surface area contributed by atoms with Gasteiger partial charge < -0.3 is 5.73 Å². The average Bonchev–Trinajstić information content (AvgIpc) is 2.38. The van der Waals surface area contributed by atoms with Crippen molar-refractivity contribution in [2.24, 2.45) is 11.1 Å². The van der Waals surface area contributed by atoms with E-state index in [9.17, 15) is 0 Å². The molecule has 1 nitrogen and oxygen atoms in total. The first-order valence-corrected chi connectivity index (χ1v) is 7.38. The number of hydrogen-bond acceptors (Lipinski definition) is 1. The lowest BCUT2D eigenvalue weighted by atomic mass is 9.77. The first-order chi connectivity index (χ1) is 8.58. The maximum Gasteiger partial charge on any atom is 0.0346 e. The highest BCUT2D eigenvalue weighted by Gasteiger charge is 2.26. The van der Waals surface area contributed by atoms with Gasteiger partial charge in [-0.3, -0.25) is 0 Å². The molecular weight excluding hydrogens is 218 g/mol. The van der Waals surface area contributed by atoms with Gasteiger partial charge in [0.15, 0.2) is 0 Å². The Kier molecular flexibility index (Phi) is 6.42. The molecular formula is C17H29N. The molecule has 2 N–H and O–H groups in total. The van der Waals surface area contributed by atoms with Crippen LogP contribution in [0.5, 0.6) is 0 Å². The maximum atomic E-state index is 6.41. The van der Waals surface area contributed by atoms with E-state index in [0.717, 1.165) is 0 Å². The fraction of sp³-hybridized carbons (Fsp3) is 0.647. The van der Waals surface area contributed by atoms with E-state index in [1.165, 1.54) is 44.1 Å². The van der Waals surface area contributed by atoms with Crippen LogP contribution in [-0.2, 0) is 0 Å². The average molecular weight is 247 g/mol. The van der Waals surface area contributed by atoms with Gasteiger partial charge in [0.2, 0.25) is 0 Å². The van der Waals surface area contributed by atoms with E-state index in [0.29, 0.717) is 0 Å². The Morgan fingerprint density at radius 3 is 2.22 bits per heavy atom. The summed E-state index contributed by atoms with van der Waals surface area (Å²) in [6.45, 7) is 6.85. The molecule has 0 aliphatic rings. The molecule has 0 fully saturated rings. The molecule has 1 aromatic carbocycles. The Balaban J connectivity index is 2.42. The first kappa shape index (κ1) is 15.2. The van der Waals surface area contributed by atoms with Gasteiger partial charge >= 0.3 is 0 Å². The third-order valence-corrected chi connectivity index (χ3v) is 3.93. The van der Waals surface area contributed by atoms with Crippen molar-refractivity contribution in [3.05, 3.63) is 35.9 Å². The number of hydrogen-bond donors (Lipinski definition) is 1. The number of rotatable bonds is 8. The van der Waals surface area contributed by atoms with Crippen molar-refractivity contribution in [3.8, 4) is 0 Å². The minimum Gasteiger partial charge on any atom is -0.324 e. The molecule has 0 aliphatic carbocycles. The van der Waals surface area contributed by atoms with Crippen LogP contribution in [-0.4, -0.2) is 0 Å². The van der Waals surface area contributed by atoms with Gasteiger partial charge in [0.05, 0.1) is 0 Å². The Morgan fingerprint density at radius 2 is 1.61 bits per heavy atom. The van der Waals surface area contributed by atoms with Crippen LogP contribution in [0, 0.1) is 5.41 Å². The molecule has 1 atom stereocenters. The van der Waals surface area contributed by atoms with E-state index >= 15 is 0 Å². The predicted molar refractivity (Wildman–Crippen MR) is 80.5 cm³/mol. The van der Waals surface area contributed by atoms with Gasteiger partial charge in [-0.15, -0.1) is 0 Å². The summed E-state index contributed by atoms with van der Waals surface area (Å²) in [6.07, 6.45) is 7.91. The van der Waals surface area contributed by atoms with Gasteiger partial charge in [-0.2, -0.15) is 0 Å². The predicted octanol–water partition coefficient (Wildman–Crippen LogP) is 5.07. The minimum absolute atomic E-state index is 0.143. The van der Waals surface area contributed by atoms with Crippen molar-refractivity contribution in [2.75, 3.05) is 0 Å². The first-order valence-electron chi connectivity index (χ1n) is 7.38. The Hall–Kier alpha value is -0.820. The molecule has 0 aromatic heterocycles. The van der Waals surface area contributed by atoms with E-state index in [-0.39, 0.29) is 11.5 Å². The molecule has 1 rings (SSSR count). The molecule has 0 heterocycles. The lowest BCUT2D eigenvalue weighted by Gasteiger charge is -2.32. The van der Waals surface area contributed by atoms with Crippen molar-refractivity contribution in [1.82, 2.24) is 0 Å². The smallest absolute Gasteiger partial charge is 0.0346 e. The zero-order valence-corrected chi connectivity index (χ0v) is 12.3. The lowest BCUT2D eigenvalue weighted by Crippen LogP contribution is -2.29. The standard InChI is InChI=1S/C17H29N/c1-4-5-6-7-11-14-17(2,3)16(18)15-12-9-8-10-13-15/h8-10,12-13,16H,4-7,11,14,18H2,1-3H3. The van der Waals surface area contributed by atoms with Crippen LogP contribution in [0.25, 0.3) is 0 Å². The normalized spacial score (nSPS) is 13.6. The summed E-state index contributed by atoms with van der Waals surface area (Å²) >= 11 is 0. The number of unbranched alkanes of at least 4 members (excludes halogenated alkanes) is 4. The molecule has 0 saturated heterocycles. The van der Waals surface area contributed by atoms with E-state index in [2.05, 4.69) is 45.0 Å². The van der Waals surface area contributed by atoms with E-state index in [1.807, 2.05) is 6.07 Å². The van der Waals surface area contributed by atoms with E-state index in [1.54, 1.807) is 0 Å². The van der Waals surface area contributed by atoms with Crippen LogP contribution in [0.1, 0.15) is 70.9 Å². The molecule has 0 spiro atoms. The lowest BCUT2D eigenvalue weighted by molar-refractivity contribution is 0.255. The van der Waals surface area contributed by atoms with Gasteiger partial charge in [0, 0.05) is 6.04 Å². The van der Waals surface area contributed by atoms with Crippen molar-refractivity contribution in [1.29, 1.82) is 0 Å². The zero-order chi connectivity index (χ0) is 13.4. The van der Waals surface area contributed by atoms with Crippen LogP contribution in [0.15, 0.2) is 30.3 Å². The summed E-state index contributed by atoms with van der Waals surface area (Å²) in [6, 6.07) is 10.6. The van der Waals surface area contributed by atoms with Crippen molar-refractivity contribution in [3.63, 3.8) is 0 Å². The second-order valence-electron chi connectivity index (χ2n) is 6.04. The summed E-state index contributed by atoms with van der Waals surface area (Å²) < 4.78 is 0. The summed E-state index contributed by atoms with van der Waals surface area (Å²) in [5, 5.41) is 0. The topological polar surface area (TPSA) is 26.0 Å². The minimum atomic E-state index is 0.143. The highest BCUT2D eigenvalue weighted by Crippen LogP contribution is 2.36. The monoisotopic (exact) mass is 247 g/mol. The number of benzene rings is 1. The summed E-state index contributed by atoms with van der Waals surface area (Å²) in [4.78, 5) is 0. The molecule has 0 amide bonds. The van der Waals surface area contributed by atoms with Crippen LogP contribution in [0.2, 0.25) is 0 Å². The molecule has 18 heavy (non-hydrogen) atoms.